The van der Waals surface area contributed by atoms with Crippen LogP contribution >= 0.6 is 11.6 Å². The first-order valence-electron chi connectivity index (χ1n) is 16.4. The van der Waals surface area contributed by atoms with Crippen molar-refractivity contribution in [3.8, 4) is 17.8 Å². The van der Waals surface area contributed by atoms with E-state index in [2.05, 4.69) is 15.0 Å². The van der Waals surface area contributed by atoms with Crippen molar-refractivity contribution in [3.05, 3.63) is 74.5 Å². The van der Waals surface area contributed by atoms with Crippen LogP contribution in [0.15, 0.2) is 41.1 Å². The number of aromatic nitrogens is 4. The van der Waals surface area contributed by atoms with E-state index >= 15 is 8.63 Å². The normalized spacial score (nSPS) is 24.8. The van der Waals surface area contributed by atoms with Gasteiger partial charge >= 0.3 is 19.0 Å². The molecule has 0 amide bonds. The second kappa shape index (κ2) is 13.2. The lowest BCUT2D eigenvalue weighted by atomic mass is 9.83. The smallest absolute Gasteiger partial charge is 0.460 e. The number of nitrogens with zero attached hydrogens (tertiary/aromatic N) is 5. The van der Waals surface area contributed by atoms with Gasteiger partial charge < -0.3 is 46.8 Å². The highest BCUT2D eigenvalue weighted by molar-refractivity contribution is 6.58. The van der Waals surface area contributed by atoms with Crippen LogP contribution in [0.3, 0.4) is 0 Å². The zero-order valence-corrected chi connectivity index (χ0v) is 29.5. The summed E-state index contributed by atoms with van der Waals surface area (Å²) in [7, 11) is 1.37. The lowest BCUT2D eigenvalue weighted by Crippen LogP contribution is -2.55. The molecule has 262 valence electrons. The Bertz CT molecular complexity index is 1890. The second-order valence-corrected chi connectivity index (χ2v) is 13.0. The fraction of sp³-hybridized carbons (Fsp3) is 0.471. The fourth-order valence-corrected chi connectivity index (χ4v) is 7.73. The van der Waals surface area contributed by atoms with Gasteiger partial charge in [-0.3, -0.25) is 0 Å². The Morgan fingerprint density at radius 3 is 2.31 bits per heavy atom. The minimum absolute atomic E-state index is 0.0705. The molecule has 5 heterocycles. The third-order valence-electron chi connectivity index (χ3n) is 10.1. The summed E-state index contributed by atoms with van der Waals surface area (Å²) in [5.74, 6) is -0.0993. The van der Waals surface area contributed by atoms with E-state index in [1.54, 1.807) is 32.9 Å². The van der Waals surface area contributed by atoms with Crippen LogP contribution in [0.2, 0.25) is 5.28 Å². The summed E-state index contributed by atoms with van der Waals surface area (Å²) in [4.78, 5) is 12.3. The van der Waals surface area contributed by atoms with Crippen molar-refractivity contribution >= 4 is 29.9 Å². The van der Waals surface area contributed by atoms with Gasteiger partial charge in [-0.2, -0.15) is 9.97 Å². The van der Waals surface area contributed by atoms with Crippen molar-refractivity contribution in [3.63, 3.8) is 0 Å². The van der Waals surface area contributed by atoms with Gasteiger partial charge in [0.05, 0.1) is 11.7 Å². The molecule has 11 nitrogen and oxygen atoms in total. The van der Waals surface area contributed by atoms with E-state index < -0.39 is 37.5 Å². The SMILES string of the molecule is CCC1=C(C)C2=C(c3ccc(Oc4nc(Cl)nc(OCC5OC(OC)C(O)C(O)C5C)n4)cc3)c3c(C)c(CC)c(C)n3[B-](F)(F)[N+]2=C1C. The lowest BCUT2D eigenvalue weighted by Gasteiger charge is -2.40. The van der Waals surface area contributed by atoms with Crippen LogP contribution in [-0.4, -0.2) is 85.1 Å². The summed E-state index contributed by atoms with van der Waals surface area (Å²) >= 11 is 6.17. The summed E-state index contributed by atoms with van der Waals surface area (Å²) in [5, 5.41) is 20.4. The molecule has 0 aliphatic carbocycles. The minimum Gasteiger partial charge on any atom is -0.460 e. The van der Waals surface area contributed by atoms with Crippen molar-refractivity contribution in [1.82, 2.24) is 19.4 Å². The molecule has 5 atom stereocenters. The lowest BCUT2D eigenvalue weighted by molar-refractivity contribution is -0.363. The van der Waals surface area contributed by atoms with Crippen molar-refractivity contribution in [2.45, 2.75) is 85.9 Å². The number of benzene rings is 1. The third-order valence-corrected chi connectivity index (χ3v) is 10.3. The first kappa shape index (κ1) is 35.2. The van der Waals surface area contributed by atoms with Gasteiger partial charge in [-0.15, -0.1) is 4.98 Å². The van der Waals surface area contributed by atoms with Crippen LogP contribution < -0.4 is 9.47 Å². The highest BCUT2D eigenvalue weighted by Crippen LogP contribution is 2.47. The molecule has 0 saturated carbocycles. The maximum absolute atomic E-state index is 16.6. The van der Waals surface area contributed by atoms with E-state index in [0.717, 1.165) is 33.4 Å². The van der Waals surface area contributed by atoms with Gasteiger partial charge in [0.1, 0.15) is 30.3 Å². The minimum atomic E-state index is -4.13. The van der Waals surface area contributed by atoms with Gasteiger partial charge in [-0.1, -0.05) is 32.9 Å². The van der Waals surface area contributed by atoms with Crippen molar-refractivity contribution in [2.75, 3.05) is 13.7 Å². The molecular weight excluding hydrogens is 659 g/mol. The van der Waals surface area contributed by atoms with E-state index in [-0.39, 0.29) is 23.9 Å². The second-order valence-electron chi connectivity index (χ2n) is 12.7. The molecule has 1 fully saturated rings. The van der Waals surface area contributed by atoms with Crippen LogP contribution in [0, 0.1) is 19.8 Å². The Hall–Kier alpha value is -3.69. The number of hydrogen-bond acceptors (Lipinski definition) is 9. The summed E-state index contributed by atoms with van der Waals surface area (Å²) in [6.45, 7) is 8.91. The zero-order valence-electron chi connectivity index (χ0n) is 28.8. The number of rotatable bonds is 9. The quantitative estimate of drug-likeness (QED) is 0.274. The average molecular weight is 700 g/mol. The summed E-state index contributed by atoms with van der Waals surface area (Å²) < 4.78 is 58.1. The van der Waals surface area contributed by atoms with Gasteiger partial charge in [0.25, 0.3) is 0 Å². The summed E-state index contributed by atoms with van der Waals surface area (Å²) in [6.07, 6.45) is -2.67. The number of methoxy groups -OCH3 is 1. The van der Waals surface area contributed by atoms with E-state index in [4.69, 9.17) is 30.5 Å². The molecule has 2 aromatic heterocycles. The molecule has 3 aliphatic heterocycles. The van der Waals surface area contributed by atoms with E-state index in [1.807, 2.05) is 39.8 Å². The molecule has 5 unspecified atom stereocenters. The molecule has 6 rings (SSSR count). The monoisotopic (exact) mass is 699 g/mol. The topological polar surface area (TPSA) is 124 Å². The van der Waals surface area contributed by atoms with E-state index in [1.165, 1.54) is 16.1 Å². The fourth-order valence-electron chi connectivity index (χ4n) is 7.58. The number of aliphatic hydroxyl groups is 2. The predicted octanol–water partition coefficient (Wildman–Crippen LogP) is 5.62. The molecule has 3 aliphatic rings. The average Bonchev–Trinajstić information content (AvgIpc) is 3.48. The van der Waals surface area contributed by atoms with Crippen molar-refractivity contribution in [1.29, 1.82) is 0 Å². The van der Waals surface area contributed by atoms with Gasteiger partial charge in [0.2, 0.25) is 5.28 Å². The van der Waals surface area contributed by atoms with Crippen LogP contribution in [0.25, 0.3) is 5.57 Å². The number of hydrogen-bond donors (Lipinski definition) is 2. The molecular formula is C34H41BClF2N5O6. The molecule has 2 N–H and O–H groups in total. The molecule has 0 spiro atoms. The Morgan fingerprint density at radius 2 is 1.67 bits per heavy atom. The number of fused-ring (bicyclic) bond motifs is 2. The maximum atomic E-state index is 16.6. The first-order chi connectivity index (χ1) is 23.2. The zero-order chi connectivity index (χ0) is 35.5. The van der Waals surface area contributed by atoms with Crippen molar-refractivity contribution in [2.24, 2.45) is 5.92 Å². The van der Waals surface area contributed by atoms with Gasteiger partial charge in [0.15, 0.2) is 12.0 Å². The Morgan fingerprint density at radius 1 is 1.00 bits per heavy atom. The summed E-state index contributed by atoms with van der Waals surface area (Å²) in [5.41, 5.74) is 7.27. The molecule has 49 heavy (non-hydrogen) atoms. The maximum Gasteiger partial charge on any atom is 0.737 e. The molecule has 0 radical (unpaired) electrons. The highest BCUT2D eigenvalue weighted by Gasteiger charge is 2.56. The largest absolute Gasteiger partial charge is 0.737 e. The van der Waals surface area contributed by atoms with Crippen LogP contribution in [-0.2, 0) is 15.9 Å². The highest BCUT2D eigenvalue weighted by atomic mass is 35.5. The van der Waals surface area contributed by atoms with Crippen LogP contribution in [0.1, 0.15) is 69.1 Å². The van der Waals surface area contributed by atoms with Gasteiger partial charge in [-0.25, -0.2) is 0 Å². The number of aliphatic hydroxyl groups excluding tert-OH is 2. The Kier molecular flexibility index (Phi) is 9.48. The van der Waals surface area contributed by atoms with Crippen molar-refractivity contribution < 1.29 is 42.3 Å². The summed E-state index contributed by atoms with van der Waals surface area (Å²) in [6, 6.07) is 6.86. The third kappa shape index (κ3) is 5.77. The van der Waals surface area contributed by atoms with E-state index in [9.17, 15) is 10.2 Å². The molecule has 0 bridgehead atoms. The molecule has 15 heteroatoms. The Labute approximate surface area is 288 Å². The standard InChI is InChI=1S/C34H41BClF2N5O6/c1-9-23-16(3)27-26(28-17(4)24(10-2)20(7)43(28)35(37,38)42(27)19(23)6)21-11-13-22(14-12-21)48-34-40-32(36)39-33(41-34)47-15-25-18(5)29(44)30(45)31(46-8)49-25/h11-14,18,25,29-31,44-45H,9-10,15H2,1-8H3. The molecule has 1 aromatic carbocycles. The van der Waals surface area contributed by atoms with Gasteiger partial charge in [0, 0.05) is 36.8 Å². The number of allylic oxidation sites excluding steroid dienone is 2. The first-order valence-corrected chi connectivity index (χ1v) is 16.8. The Balaban J connectivity index is 1.31. The van der Waals surface area contributed by atoms with Crippen LogP contribution in [0.5, 0.6) is 17.8 Å². The number of ether oxygens (including phenoxy) is 4. The van der Waals surface area contributed by atoms with Gasteiger partial charge in [-0.05, 0) is 79.7 Å². The molecule has 1 saturated heterocycles. The van der Waals surface area contributed by atoms with Crippen LogP contribution in [0.4, 0.5) is 8.63 Å². The predicted molar refractivity (Wildman–Crippen MR) is 180 cm³/mol. The number of halogens is 3. The molecule has 3 aromatic rings. The van der Waals surface area contributed by atoms with E-state index in [0.29, 0.717) is 41.4 Å².